The van der Waals surface area contributed by atoms with Crippen molar-refractivity contribution in [2.24, 2.45) is 5.73 Å². The van der Waals surface area contributed by atoms with Crippen LogP contribution in [0.4, 0.5) is 4.39 Å². The summed E-state index contributed by atoms with van der Waals surface area (Å²) in [6.07, 6.45) is 1.58. The lowest BCUT2D eigenvalue weighted by Gasteiger charge is -2.03. The zero-order valence-electron chi connectivity index (χ0n) is 7.80. The van der Waals surface area contributed by atoms with Crippen LogP contribution in [0, 0.1) is 5.82 Å². The average Bonchev–Trinajstić information content (AvgIpc) is 2.69. The van der Waals surface area contributed by atoms with E-state index in [0.717, 1.165) is 10.2 Å². The smallest absolute Gasteiger partial charge is 0.131 e. The number of H-pyrrole nitrogens is 1. The molecule has 1 aromatic carbocycles. The van der Waals surface area contributed by atoms with Crippen LogP contribution in [0.1, 0.15) is 5.69 Å². The van der Waals surface area contributed by atoms with E-state index in [1.807, 2.05) is 0 Å². The van der Waals surface area contributed by atoms with Gasteiger partial charge in [0.15, 0.2) is 0 Å². The first kappa shape index (κ1) is 10.3. The summed E-state index contributed by atoms with van der Waals surface area (Å²) in [7, 11) is 0. The van der Waals surface area contributed by atoms with Crippen LogP contribution >= 0.6 is 15.9 Å². The third-order valence-electron chi connectivity index (χ3n) is 2.14. The zero-order valence-corrected chi connectivity index (χ0v) is 9.38. The fraction of sp³-hybridized carbons (Fsp3) is 0.100. The molecule has 78 valence electrons. The van der Waals surface area contributed by atoms with Gasteiger partial charge in [-0.15, -0.1) is 0 Å². The van der Waals surface area contributed by atoms with E-state index in [0.29, 0.717) is 17.7 Å². The standard InChI is InChI=1S/C10H9BrFN3/c11-6-1-2-9(12)7(3-6)8-5-14-15-10(8)4-13/h1-3,5H,4,13H2,(H,14,15). The lowest BCUT2D eigenvalue weighted by Crippen LogP contribution is -1.99. The molecule has 3 N–H and O–H groups in total. The topological polar surface area (TPSA) is 54.7 Å². The number of aromatic amines is 1. The van der Waals surface area contributed by atoms with Gasteiger partial charge < -0.3 is 5.73 Å². The van der Waals surface area contributed by atoms with Crippen molar-refractivity contribution in [1.82, 2.24) is 10.2 Å². The molecule has 2 aromatic rings. The van der Waals surface area contributed by atoms with Crippen LogP contribution in [0.5, 0.6) is 0 Å². The number of hydrogen-bond donors (Lipinski definition) is 2. The number of aromatic nitrogens is 2. The predicted molar refractivity (Wildman–Crippen MR) is 59.6 cm³/mol. The quantitative estimate of drug-likeness (QED) is 0.880. The van der Waals surface area contributed by atoms with Crippen molar-refractivity contribution < 1.29 is 4.39 Å². The zero-order chi connectivity index (χ0) is 10.8. The molecule has 0 bridgehead atoms. The van der Waals surface area contributed by atoms with Gasteiger partial charge in [-0.25, -0.2) is 4.39 Å². The summed E-state index contributed by atoms with van der Waals surface area (Å²) in [4.78, 5) is 0. The number of rotatable bonds is 2. The van der Waals surface area contributed by atoms with Gasteiger partial charge in [-0.2, -0.15) is 5.10 Å². The third kappa shape index (κ3) is 1.93. The highest BCUT2D eigenvalue weighted by molar-refractivity contribution is 9.10. The second-order valence-corrected chi connectivity index (χ2v) is 4.01. The SMILES string of the molecule is NCc1[nH]ncc1-c1cc(Br)ccc1F. The van der Waals surface area contributed by atoms with Crippen molar-refractivity contribution in [3.63, 3.8) is 0 Å². The summed E-state index contributed by atoms with van der Waals surface area (Å²) in [5.41, 5.74) is 7.45. The number of benzene rings is 1. The van der Waals surface area contributed by atoms with Crippen LogP contribution in [-0.4, -0.2) is 10.2 Å². The molecule has 0 saturated heterocycles. The molecule has 1 aromatic heterocycles. The molecular formula is C10H9BrFN3. The fourth-order valence-electron chi connectivity index (χ4n) is 1.40. The van der Waals surface area contributed by atoms with Gasteiger partial charge in [-0.3, -0.25) is 5.10 Å². The molecule has 0 aliphatic heterocycles. The van der Waals surface area contributed by atoms with Gasteiger partial charge in [0.2, 0.25) is 0 Å². The molecule has 0 aliphatic carbocycles. The summed E-state index contributed by atoms with van der Waals surface area (Å²) in [5.74, 6) is -0.283. The Labute approximate surface area is 94.6 Å². The number of hydrogen-bond acceptors (Lipinski definition) is 2. The minimum atomic E-state index is -0.283. The van der Waals surface area contributed by atoms with Crippen LogP contribution in [0.3, 0.4) is 0 Å². The molecule has 5 heteroatoms. The molecule has 2 rings (SSSR count). The van der Waals surface area contributed by atoms with Crippen molar-refractivity contribution in [2.75, 3.05) is 0 Å². The van der Waals surface area contributed by atoms with Gasteiger partial charge in [0, 0.05) is 22.1 Å². The van der Waals surface area contributed by atoms with Gasteiger partial charge in [0.25, 0.3) is 0 Å². The summed E-state index contributed by atoms with van der Waals surface area (Å²) in [5, 5.41) is 6.60. The van der Waals surface area contributed by atoms with Gasteiger partial charge in [-0.05, 0) is 18.2 Å². The maximum Gasteiger partial charge on any atom is 0.131 e. The Balaban J connectivity index is 2.58. The second-order valence-electron chi connectivity index (χ2n) is 3.09. The Kier molecular flexibility index (Phi) is 2.83. The molecule has 0 radical (unpaired) electrons. The van der Waals surface area contributed by atoms with Crippen LogP contribution in [0.15, 0.2) is 28.9 Å². The van der Waals surface area contributed by atoms with E-state index in [2.05, 4.69) is 26.1 Å². The van der Waals surface area contributed by atoms with E-state index in [-0.39, 0.29) is 5.82 Å². The van der Waals surface area contributed by atoms with Gasteiger partial charge in [-0.1, -0.05) is 15.9 Å². The van der Waals surface area contributed by atoms with Crippen LogP contribution in [0.2, 0.25) is 0 Å². The number of nitrogens with zero attached hydrogens (tertiary/aromatic N) is 1. The Morgan fingerprint density at radius 2 is 2.20 bits per heavy atom. The van der Waals surface area contributed by atoms with Gasteiger partial charge in [0.05, 0.1) is 11.9 Å². The molecule has 3 nitrogen and oxygen atoms in total. The third-order valence-corrected chi connectivity index (χ3v) is 2.63. The first-order valence-corrected chi connectivity index (χ1v) is 5.19. The summed E-state index contributed by atoms with van der Waals surface area (Å²) >= 11 is 3.30. The van der Waals surface area contributed by atoms with Gasteiger partial charge in [0.1, 0.15) is 5.82 Å². The molecule has 15 heavy (non-hydrogen) atoms. The molecule has 0 amide bonds. The number of halogens is 2. The number of nitrogens with one attached hydrogen (secondary N) is 1. The molecule has 0 unspecified atom stereocenters. The fourth-order valence-corrected chi connectivity index (χ4v) is 1.77. The lowest BCUT2D eigenvalue weighted by molar-refractivity contribution is 0.631. The predicted octanol–water partition coefficient (Wildman–Crippen LogP) is 2.44. The Bertz CT molecular complexity index is 481. The summed E-state index contributed by atoms with van der Waals surface area (Å²) in [6.45, 7) is 0.307. The maximum atomic E-state index is 13.5. The van der Waals surface area contributed by atoms with Crippen LogP contribution < -0.4 is 5.73 Å². The van der Waals surface area contributed by atoms with Crippen molar-refractivity contribution in [3.8, 4) is 11.1 Å². The summed E-state index contributed by atoms with van der Waals surface area (Å²) in [6, 6.07) is 4.77. The minimum absolute atomic E-state index is 0.283. The lowest BCUT2D eigenvalue weighted by atomic mass is 10.1. The molecular weight excluding hydrogens is 261 g/mol. The highest BCUT2D eigenvalue weighted by Gasteiger charge is 2.11. The molecule has 0 spiro atoms. The Hall–Kier alpha value is -1.20. The number of nitrogens with two attached hydrogens (primary N) is 1. The highest BCUT2D eigenvalue weighted by atomic mass is 79.9. The van der Waals surface area contributed by atoms with Crippen molar-refractivity contribution in [3.05, 3.63) is 40.4 Å². The van der Waals surface area contributed by atoms with E-state index in [9.17, 15) is 4.39 Å². The first-order valence-electron chi connectivity index (χ1n) is 4.40. The molecule has 0 atom stereocenters. The maximum absolute atomic E-state index is 13.5. The van der Waals surface area contributed by atoms with E-state index in [4.69, 9.17) is 5.73 Å². The Morgan fingerprint density at radius 3 is 2.93 bits per heavy atom. The highest BCUT2D eigenvalue weighted by Crippen LogP contribution is 2.27. The largest absolute Gasteiger partial charge is 0.325 e. The Morgan fingerprint density at radius 1 is 1.40 bits per heavy atom. The van der Waals surface area contributed by atoms with Crippen molar-refractivity contribution in [1.29, 1.82) is 0 Å². The summed E-state index contributed by atoms with van der Waals surface area (Å²) < 4.78 is 14.4. The molecule has 0 saturated carbocycles. The van der Waals surface area contributed by atoms with E-state index < -0.39 is 0 Å². The molecule has 0 aliphatic rings. The monoisotopic (exact) mass is 269 g/mol. The first-order chi connectivity index (χ1) is 7.22. The van der Waals surface area contributed by atoms with Gasteiger partial charge >= 0.3 is 0 Å². The van der Waals surface area contributed by atoms with Crippen LogP contribution in [0.25, 0.3) is 11.1 Å². The van der Waals surface area contributed by atoms with E-state index >= 15 is 0 Å². The normalized spacial score (nSPS) is 10.6. The second kappa shape index (κ2) is 4.12. The van der Waals surface area contributed by atoms with Crippen molar-refractivity contribution >= 4 is 15.9 Å². The van der Waals surface area contributed by atoms with Crippen LogP contribution in [-0.2, 0) is 6.54 Å². The average molecular weight is 270 g/mol. The molecule has 1 heterocycles. The van der Waals surface area contributed by atoms with Crippen molar-refractivity contribution in [2.45, 2.75) is 6.54 Å². The minimum Gasteiger partial charge on any atom is -0.325 e. The molecule has 0 fully saturated rings. The van der Waals surface area contributed by atoms with E-state index in [1.54, 1.807) is 18.3 Å². The van der Waals surface area contributed by atoms with E-state index in [1.165, 1.54) is 6.07 Å².